The number of thiophene rings is 1. The van der Waals surface area contributed by atoms with Crippen LogP contribution in [0, 0.1) is 0 Å². The summed E-state index contributed by atoms with van der Waals surface area (Å²) in [6.07, 6.45) is 4.56. The summed E-state index contributed by atoms with van der Waals surface area (Å²) in [6, 6.07) is 7.80. The van der Waals surface area contributed by atoms with E-state index in [-0.39, 0.29) is 0 Å². The highest BCUT2D eigenvalue weighted by Gasteiger charge is 2.29. The largest absolute Gasteiger partial charge is 0.364 e. The Morgan fingerprint density at radius 3 is 2.90 bits per heavy atom. The van der Waals surface area contributed by atoms with E-state index in [4.69, 9.17) is 0 Å². The van der Waals surface area contributed by atoms with E-state index < -0.39 is 0 Å². The third kappa shape index (κ3) is 4.05. The van der Waals surface area contributed by atoms with Crippen LogP contribution in [-0.4, -0.2) is 17.1 Å². The zero-order valence-corrected chi connectivity index (χ0v) is 13.6. The molecule has 0 spiro atoms. The maximum absolute atomic E-state index is 4.48. The summed E-state index contributed by atoms with van der Waals surface area (Å²) in [6.45, 7) is 6.17. The Bertz CT molecular complexity index is 561. The lowest BCUT2D eigenvalue weighted by atomic mass is 10.2. The van der Waals surface area contributed by atoms with Crippen molar-refractivity contribution in [3.05, 3.63) is 46.4 Å². The second-order valence-electron chi connectivity index (χ2n) is 6.03. The van der Waals surface area contributed by atoms with Crippen molar-refractivity contribution in [2.75, 3.05) is 4.90 Å². The molecular weight excluding hydrogens is 278 g/mol. The number of aromatic nitrogens is 1. The van der Waals surface area contributed by atoms with Crippen LogP contribution in [0.1, 0.15) is 37.9 Å². The van der Waals surface area contributed by atoms with Gasteiger partial charge in [-0.1, -0.05) is 13.8 Å². The van der Waals surface area contributed by atoms with Crippen molar-refractivity contribution in [3.63, 3.8) is 0 Å². The molecule has 2 heterocycles. The Hall–Kier alpha value is -1.39. The van der Waals surface area contributed by atoms with Crippen molar-refractivity contribution in [2.24, 2.45) is 0 Å². The lowest BCUT2D eigenvalue weighted by Gasteiger charge is -2.24. The maximum atomic E-state index is 4.48. The van der Waals surface area contributed by atoms with E-state index in [2.05, 4.69) is 58.0 Å². The van der Waals surface area contributed by atoms with Gasteiger partial charge in [0.2, 0.25) is 0 Å². The van der Waals surface area contributed by atoms with Gasteiger partial charge in [0.1, 0.15) is 0 Å². The summed E-state index contributed by atoms with van der Waals surface area (Å²) in [5.41, 5.74) is 3.84. The van der Waals surface area contributed by atoms with E-state index in [1.54, 1.807) is 11.3 Å². The molecule has 0 bridgehead atoms. The number of rotatable bonds is 7. The Labute approximate surface area is 131 Å². The molecule has 2 aromatic rings. The first-order chi connectivity index (χ1) is 10.2. The molecule has 1 fully saturated rings. The van der Waals surface area contributed by atoms with Crippen LogP contribution in [0.4, 0.5) is 5.69 Å². The fourth-order valence-corrected chi connectivity index (χ4v) is 3.11. The van der Waals surface area contributed by atoms with Gasteiger partial charge in [-0.2, -0.15) is 11.3 Å². The Morgan fingerprint density at radius 1 is 1.38 bits per heavy atom. The Morgan fingerprint density at radius 2 is 2.24 bits per heavy atom. The number of nitrogens with one attached hydrogen (secondary N) is 1. The zero-order chi connectivity index (χ0) is 14.7. The summed E-state index contributed by atoms with van der Waals surface area (Å²) in [4.78, 5) is 7.01. The fourth-order valence-electron chi connectivity index (χ4n) is 2.45. The lowest BCUT2D eigenvalue weighted by molar-refractivity contribution is 0.581. The monoisotopic (exact) mass is 301 g/mol. The van der Waals surface area contributed by atoms with Crippen LogP contribution in [0.25, 0.3) is 0 Å². The highest BCUT2D eigenvalue weighted by Crippen LogP contribution is 2.33. The van der Waals surface area contributed by atoms with E-state index in [0.717, 1.165) is 18.8 Å². The normalized spacial score (nSPS) is 14.6. The summed E-state index contributed by atoms with van der Waals surface area (Å²) in [7, 11) is 0. The van der Waals surface area contributed by atoms with E-state index in [9.17, 15) is 0 Å². The van der Waals surface area contributed by atoms with Crippen molar-refractivity contribution in [3.8, 4) is 0 Å². The summed E-state index contributed by atoms with van der Waals surface area (Å²) in [5, 5.41) is 7.84. The quantitative estimate of drug-likeness (QED) is 0.843. The van der Waals surface area contributed by atoms with Gasteiger partial charge in [0.05, 0.1) is 5.69 Å². The summed E-state index contributed by atoms with van der Waals surface area (Å²) in [5.74, 6) is 0. The van der Waals surface area contributed by atoms with Crippen LogP contribution in [0.15, 0.2) is 35.2 Å². The zero-order valence-electron chi connectivity index (χ0n) is 12.7. The molecule has 4 heteroatoms. The Kier molecular flexibility index (Phi) is 4.56. The molecule has 0 unspecified atom stereocenters. The number of pyridine rings is 1. The number of nitrogens with zero attached hydrogens (tertiary/aromatic N) is 2. The van der Waals surface area contributed by atoms with E-state index in [1.165, 1.54) is 24.1 Å². The average molecular weight is 301 g/mol. The fraction of sp³-hybridized carbons (Fsp3) is 0.471. The number of hydrogen-bond acceptors (Lipinski definition) is 4. The van der Waals surface area contributed by atoms with Crippen LogP contribution in [0.5, 0.6) is 0 Å². The minimum atomic E-state index is 0.487. The molecule has 3 rings (SSSR count). The molecule has 1 aliphatic carbocycles. The van der Waals surface area contributed by atoms with E-state index in [0.29, 0.717) is 12.1 Å². The number of hydrogen-bond donors (Lipinski definition) is 1. The second kappa shape index (κ2) is 6.58. The summed E-state index contributed by atoms with van der Waals surface area (Å²) >= 11 is 1.77. The first-order valence-electron chi connectivity index (χ1n) is 7.68. The van der Waals surface area contributed by atoms with Crippen LogP contribution in [-0.2, 0) is 13.1 Å². The molecule has 1 N–H and O–H groups in total. The molecule has 0 aliphatic heterocycles. The van der Waals surface area contributed by atoms with Gasteiger partial charge >= 0.3 is 0 Å². The first kappa shape index (κ1) is 14.5. The summed E-state index contributed by atoms with van der Waals surface area (Å²) < 4.78 is 0. The molecule has 0 radical (unpaired) electrons. The van der Waals surface area contributed by atoms with E-state index in [1.807, 2.05) is 6.20 Å². The molecular formula is C17H23N3S. The van der Waals surface area contributed by atoms with Gasteiger partial charge in [-0.25, -0.2) is 0 Å². The molecule has 0 aromatic carbocycles. The molecule has 3 nitrogen and oxygen atoms in total. The lowest BCUT2D eigenvalue weighted by Crippen LogP contribution is -2.26. The van der Waals surface area contributed by atoms with Crippen LogP contribution < -0.4 is 10.2 Å². The topological polar surface area (TPSA) is 28.2 Å². The number of anilines is 1. The molecule has 0 saturated heterocycles. The van der Waals surface area contributed by atoms with Crippen molar-refractivity contribution in [1.82, 2.24) is 10.3 Å². The van der Waals surface area contributed by atoms with Crippen molar-refractivity contribution >= 4 is 17.0 Å². The van der Waals surface area contributed by atoms with E-state index >= 15 is 0 Å². The van der Waals surface area contributed by atoms with Crippen molar-refractivity contribution in [1.29, 1.82) is 0 Å². The minimum absolute atomic E-state index is 0.487. The van der Waals surface area contributed by atoms with Gasteiger partial charge in [0.15, 0.2) is 0 Å². The van der Waals surface area contributed by atoms with Crippen molar-refractivity contribution in [2.45, 2.75) is 51.9 Å². The second-order valence-corrected chi connectivity index (χ2v) is 6.81. The SMILES string of the molecule is CC(C)NCc1cc(N(Cc2ccsc2)C2CC2)ccn1. The minimum Gasteiger partial charge on any atom is -0.364 e. The van der Waals surface area contributed by atoms with Crippen LogP contribution >= 0.6 is 11.3 Å². The average Bonchev–Trinajstić information content (AvgIpc) is 3.19. The van der Waals surface area contributed by atoms with Gasteiger partial charge in [-0.15, -0.1) is 0 Å². The molecule has 0 atom stereocenters. The van der Waals surface area contributed by atoms with Crippen LogP contribution in [0.2, 0.25) is 0 Å². The highest BCUT2D eigenvalue weighted by molar-refractivity contribution is 7.07. The molecule has 1 saturated carbocycles. The predicted molar refractivity (Wildman–Crippen MR) is 89.7 cm³/mol. The maximum Gasteiger partial charge on any atom is 0.0562 e. The third-order valence-electron chi connectivity index (χ3n) is 3.74. The first-order valence-corrected chi connectivity index (χ1v) is 8.62. The van der Waals surface area contributed by atoms with Crippen LogP contribution in [0.3, 0.4) is 0 Å². The van der Waals surface area contributed by atoms with Gasteiger partial charge in [0.25, 0.3) is 0 Å². The predicted octanol–water partition coefficient (Wildman–Crippen LogP) is 3.81. The Balaban J connectivity index is 1.74. The highest BCUT2D eigenvalue weighted by atomic mass is 32.1. The van der Waals surface area contributed by atoms with Crippen molar-refractivity contribution < 1.29 is 0 Å². The molecule has 112 valence electrons. The smallest absolute Gasteiger partial charge is 0.0562 e. The van der Waals surface area contributed by atoms with Gasteiger partial charge in [-0.05, 0) is 47.4 Å². The van der Waals surface area contributed by atoms with Gasteiger partial charge < -0.3 is 10.2 Å². The standard InChI is InChI=1S/C17H23N3S/c1-13(2)19-10-15-9-17(5-7-18-15)20(16-3-4-16)11-14-6-8-21-12-14/h5-9,12-13,16,19H,3-4,10-11H2,1-2H3. The molecule has 1 aliphatic rings. The third-order valence-corrected chi connectivity index (χ3v) is 4.48. The molecule has 0 amide bonds. The van der Waals surface area contributed by atoms with Gasteiger partial charge in [-0.3, -0.25) is 4.98 Å². The van der Waals surface area contributed by atoms with Gasteiger partial charge in [0, 0.05) is 37.1 Å². The molecule has 21 heavy (non-hydrogen) atoms. The molecule has 2 aromatic heterocycles.